The second-order valence-electron chi connectivity index (χ2n) is 4.48. The topological polar surface area (TPSA) is 35.5 Å². The monoisotopic (exact) mass is 304 g/mol. The first-order valence-electron chi connectivity index (χ1n) is 6.58. The van der Waals surface area contributed by atoms with Crippen molar-refractivity contribution in [3.8, 4) is 5.75 Å². The number of hydrogen-bond donors (Lipinski definition) is 0. The van der Waals surface area contributed by atoms with Crippen LogP contribution < -0.4 is 4.74 Å². The SMILES string of the molecule is CCOC(=O)[C@@H]1Oc2ccc(F)cc2Sc2ccccc21. The summed E-state index contributed by atoms with van der Waals surface area (Å²) in [5.41, 5.74) is 0.734. The molecule has 108 valence electrons. The number of rotatable bonds is 2. The van der Waals surface area contributed by atoms with Gasteiger partial charge in [-0.25, -0.2) is 9.18 Å². The fourth-order valence-corrected chi connectivity index (χ4v) is 3.22. The summed E-state index contributed by atoms with van der Waals surface area (Å²) >= 11 is 1.38. The highest BCUT2D eigenvalue weighted by atomic mass is 32.2. The van der Waals surface area contributed by atoms with Gasteiger partial charge in [0.2, 0.25) is 6.10 Å². The van der Waals surface area contributed by atoms with E-state index in [0.717, 1.165) is 10.5 Å². The molecule has 2 aromatic rings. The lowest BCUT2D eigenvalue weighted by atomic mass is 10.1. The van der Waals surface area contributed by atoms with Gasteiger partial charge in [-0.1, -0.05) is 30.0 Å². The number of esters is 1. The molecule has 0 saturated heterocycles. The minimum atomic E-state index is -0.833. The summed E-state index contributed by atoms with van der Waals surface area (Å²) in [6, 6.07) is 11.7. The lowest BCUT2D eigenvalue weighted by molar-refractivity contribution is -0.151. The predicted octanol–water partition coefficient (Wildman–Crippen LogP) is 3.97. The Morgan fingerprint density at radius 1 is 1.29 bits per heavy atom. The summed E-state index contributed by atoms with van der Waals surface area (Å²) in [4.78, 5) is 13.7. The zero-order chi connectivity index (χ0) is 14.8. The van der Waals surface area contributed by atoms with Gasteiger partial charge in [-0.2, -0.15) is 0 Å². The van der Waals surface area contributed by atoms with E-state index in [1.807, 2.05) is 24.3 Å². The van der Waals surface area contributed by atoms with Gasteiger partial charge in [0.05, 0.1) is 11.5 Å². The molecule has 2 aromatic carbocycles. The van der Waals surface area contributed by atoms with Crippen LogP contribution in [0.4, 0.5) is 4.39 Å². The average Bonchev–Trinajstić information content (AvgIpc) is 2.63. The summed E-state index contributed by atoms with van der Waals surface area (Å²) in [6.07, 6.45) is -0.833. The maximum Gasteiger partial charge on any atom is 0.352 e. The lowest BCUT2D eigenvalue weighted by Crippen LogP contribution is -2.21. The van der Waals surface area contributed by atoms with Gasteiger partial charge in [0, 0.05) is 10.5 Å². The average molecular weight is 304 g/mol. The van der Waals surface area contributed by atoms with Crippen molar-refractivity contribution in [2.45, 2.75) is 22.8 Å². The molecule has 1 aliphatic rings. The molecule has 0 aliphatic carbocycles. The molecular formula is C16H13FO3S. The Balaban J connectivity index is 2.09. The van der Waals surface area contributed by atoms with Gasteiger partial charge in [0.1, 0.15) is 11.6 Å². The summed E-state index contributed by atoms with van der Waals surface area (Å²) in [7, 11) is 0. The zero-order valence-electron chi connectivity index (χ0n) is 11.3. The van der Waals surface area contributed by atoms with Gasteiger partial charge in [0.15, 0.2) is 0 Å². The molecule has 0 radical (unpaired) electrons. The lowest BCUT2D eigenvalue weighted by Gasteiger charge is -2.17. The molecule has 1 aliphatic heterocycles. The summed E-state index contributed by atoms with van der Waals surface area (Å²) in [5.74, 6) is -0.296. The smallest absolute Gasteiger partial charge is 0.352 e. The third-order valence-electron chi connectivity index (χ3n) is 3.07. The number of hydrogen-bond acceptors (Lipinski definition) is 4. The van der Waals surface area contributed by atoms with Gasteiger partial charge >= 0.3 is 5.97 Å². The molecule has 0 amide bonds. The molecule has 0 N–H and O–H groups in total. The van der Waals surface area contributed by atoms with Crippen LogP contribution in [0, 0.1) is 5.82 Å². The van der Waals surface area contributed by atoms with E-state index in [9.17, 15) is 9.18 Å². The van der Waals surface area contributed by atoms with Gasteiger partial charge in [0.25, 0.3) is 0 Å². The van der Waals surface area contributed by atoms with Crippen molar-refractivity contribution in [2.75, 3.05) is 6.61 Å². The number of halogens is 1. The van der Waals surface area contributed by atoms with Gasteiger partial charge in [-0.15, -0.1) is 0 Å². The number of fused-ring (bicyclic) bond motifs is 2. The molecule has 1 atom stereocenters. The van der Waals surface area contributed by atoms with E-state index < -0.39 is 12.1 Å². The normalized spacial score (nSPS) is 16.2. The third-order valence-corrected chi connectivity index (χ3v) is 4.20. The zero-order valence-corrected chi connectivity index (χ0v) is 12.2. The second-order valence-corrected chi connectivity index (χ2v) is 5.56. The largest absolute Gasteiger partial charge is 0.473 e. The van der Waals surface area contributed by atoms with Crippen LogP contribution in [0.5, 0.6) is 5.75 Å². The van der Waals surface area contributed by atoms with E-state index in [-0.39, 0.29) is 12.4 Å². The van der Waals surface area contributed by atoms with Crippen molar-refractivity contribution in [3.63, 3.8) is 0 Å². The van der Waals surface area contributed by atoms with Crippen molar-refractivity contribution >= 4 is 17.7 Å². The minimum Gasteiger partial charge on any atom is -0.473 e. The molecule has 0 spiro atoms. The first-order chi connectivity index (χ1) is 10.2. The van der Waals surface area contributed by atoms with E-state index >= 15 is 0 Å². The number of carbonyl (C=O) groups is 1. The number of ether oxygens (including phenoxy) is 2. The van der Waals surface area contributed by atoms with Gasteiger partial charge in [-0.3, -0.25) is 0 Å². The van der Waals surface area contributed by atoms with Crippen LogP contribution in [0.2, 0.25) is 0 Å². The Labute approximate surface area is 126 Å². The Morgan fingerprint density at radius 3 is 2.90 bits per heavy atom. The summed E-state index contributed by atoms with van der Waals surface area (Å²) < 4.78 is 24.3. The van der Waals surface area contributed by atoms with Crippen LogP contribution in [0.15, 0.2) is 52.3 Å². The van der Waals surface area contributed by atoms with Gasteiger partial charge < -0.3 is 9.47 Å². The molecule has 0 aromatic heterocycles. The molecular weight excluding hydrogens is 291 g/mol. The van der Waals surface area contributed by atoms with Crippen molar-refractivity contribution in [1.82, 2.24) is 0 Å². The van der Waals surface area contributed by atoms with E-state index in [2.05, 4.69) is 0 Å². The fourth-order valence-electron chi connectivity index (χ4n) is 2.15. The number of carbonyl (C=O) groups excluding carboxylic acids is 1. The Bertz CT molecular complexity index is 687. The summed E-state index contributed by atoms with van der Waals surface area (Å²) in [6.45, 7) is 2.03. The highest BCUT2D eigenvalue weighted by molar-refractivity contribution is 7.99. The van der Waals surface area contributed by atoms with Crippen LogP contribution in [0.25, 0.3) is 0 Å². The van der Waals surface area contributed by atoms with Crippen LogP contribution in [-0.4, -0.2) is 12.6 Å². The van der Waals surface area contributed by atoms with Gasteiger partial charge in [-0.05, 0) is 31.2 Å². The Hall–Kier alpha value is -2.01. The Kier molecular flexibility index (Phi) is 3.84. The van der Waals surface area contributed by atoms with E-state index in [1.165, 1.54) is 30.0 Å². The minimum absolute atomic E-state index is 0.282. The van der Waals surface area contributed by atoms with E-state index in [4.69, 9.17) is 9.47 Å². The standard InChI is InChI=1S/C16H13FO3S/c1-2-19-16(18)15-11-5-3-4-6-13(11)21-14-9-10(17)7-8-12(14)20-15/h3-9,15H,2H2,1H3/t15-/m1/s1. The maximum absolute atomic E-state index is 13.4. The van der Waals surface area contributed by atoms with Crippen LogP contribution in [0.1, 0.15) is 18.6 Å². The molecule has 0 fully saturated rings. The molecule has 5 heteroatoms. The molecule has 3 rings (SSSR count). The van der Waals surface area contributed by atoms with Crippen molar-refractivity contribution < 1.29 is 18.7 Å². The van der Waals surface area contributed by atoms with E-state index in [0.29, 0.717) is 10.6 Å². The third kappa shape index (κ3) is 2.74. The highest BCUT2D eigenvalue weighted by Gasteiger charge is 2.30. The Morgan fingerprint density at radius 2 is 2.10 bits per heavy atom. The first kappa shape index (κ1) is 13.9. The highest BCUT2D eigenvalue weighted by Crippen LogP contribution is 2.44. The van der Waals surface area contributed by atoms with Crippen molar-refractivity contribution in [3.05, 3.63) is 53.8 Å². The second kappa shape index (κ2) is 5.77. The summed E-state index contributed by atoms with van der Waals surface area (Å²) in [5, 5.41) is 0. The molecule has 0 bridgehead atoms. The van der Waals surface area contributed by atoms with Crippen LogP contribution >= 0.6 is 11.8 Å². The molecule has 0 unspecified atom stereocenters. The molecule has 3 nitrogen and oxygen atoms in total. The molecule has 1 heterocycles. The van der Waals surface area contributed by atoms with E-state index in [1.54, 1.807) is 6.92 Å². The first-order valence-corrected chi connectivity index (χ1v) is 7.40. The van der Waals surface area contributed by atoms with Crippen LogP contribution in [0.3, 0.4) is 0 Å². The molecule has 21 heavy (non-hydrogen) atoms. The van der Waals surface area contributed by atoms with Crippen molar-refractivity contribution in [2.24, 2.45) is 0 Å². The fraction of sp³-hybridized carbons (Fsp3) is 0.188. The maximum atomic E-state index is 13.4. The van der Waals surface area contributed by atoms with Crippen LogP contribution in [-0.2, 0) is 9.53 Å². The number of benzene rings is 2. The molecule has 0 saturated carbocycles. The quantitative estimate of drug-likeness (QED) is 0.786. The van der Waals surface area contributed by atoms with Crippen molar-refractivity contribution in [1.29, 1.82) is 0 Å². The predicted molar refractivity (Wildman–Crippen MR) is 77.0 cm³/mol.